The second-order valence-electron chi connectivity index (χ2n) is 8.03. The molecule has 0 aliphatic rings. The highest BCUT2D eigenvalue weighted by atomic mass is 16.5. The summed E-state index contributed by atoms with van der Waals surface area (Å²) in [5, 5.41) is 11.5. The molecule has 1 amide bonds. The number of amides is 1. The number of methoxy groups -OCH3 is 1. The smallest absolute Gasteiger partial charge is 0.308 e. The molecule has 1 unspecified atom stereocenters. The van der Waals surface area contributed by atoms with Gasteiger partial charge in [0.05, 0.1) is 30.5 Å². The molecule has 0 saturated carbocycles. The fourth-order valence-corrected chi connectivity index (χ4v) is 3.86. The number of carbonyl (C=O) groups is 2. The summed E-state index contributed by atoms with van der Waals surface area (Å²) in [5.41, 5.74) is 2.15. The number of carbonyl (C=O) groups excluding carboxylic acids is 2. The summed E-state index contributed by atoms with van der Waals surface area (Å²) >= 11 is 0. The lowest BCUT2D eigenvalue weighted by molar-refractivity contribution is -0.146. The van der Waals surface area contributed by atoms with Gasteiger partial charge >= 0.3 is 5.97 Å². The van der Waals surface area contributed by atoms with Crippen LogP contribution in [0.3, 0.4) is 0 Å². The average Bonchev–Trinajstić information content (AvgIpc) is 3.25. The second kappa shape index (κ2) is 9.34. The molecule has 10 nitrogen and oxygen atoms in total. The van der Waals surface area contributed by atoms with Crippen molar-refractivity contribution in [2.24, 2.45) is 7.05 Å². The van der Waals surface area contributed by atoms with Gasteiger partial charge in [0.1, 0.15) is 5.75 Å². The van der Waals surface area contributed by atoms with E-state index in [0.29, 0.717) is 28.3 Å². The number of rotatable bonds is 7. The summed E-state index contributed by atoms with van der Waals surface area (Å²) < 4.78 is 13.8. The Morgan fingerprint density at radius 2 is 1.85 bits per heavy atom. The average molecular weight is 463 g/mol. The fraction of sp³-hybridized carbons (Fsp3) is 0.292. The van der Waals surface area contributed by atoms with Gasteiger partial charge in [-0.2, -0.15) is 0 Å². The largest absolute Gasteiger partial charge is 0.497 e. The number of aromatic nitrogens is 4. The minimum Gasteiger partial charge on any atom is -0.497 e. The highest BCUT2D eigenvalue weighted by Crippen LogP contribution is 2.22. The normalized spacial score (nSPS) is 12.0. The maximum atomic E-state index is 12.7. The highest BCUT2D eigenvalue weighted by Gasteiger charge is 2.20. The number of hydrogen-bond donors (Lipinski definition) is 1. The Balaban J connectivity index is 1.57. The molecule has 1 atom stereocenters. The number of aryl methyl sites for hydroxylation is 2. The quantitative estimate of drug-likeness (QED) is 0.418. The van der Waals surface area contributed by atoms with Gasteiger partial charge in [0.2, 0.25) is 11.7 Å². The molecule has 0 spiro atoms. The lowest BCUT2D eigenvalue weighted by atomic mass is 10.0. The first kappa shape index (κ1) is 23.0. The van der Waals surface area contributed by atoms with Crippen molar-refractivity contribution in [3.63, 3.8) is 0 Å². The summed E-state index contributed by atoms with van der Waals surface area (Å²) in [6, 6.07) is 12.1. The van der Waals surface area contributed by atoms with Crippen LogP contribution in [0.2, 0.25) is 0 Å². The molecule has 0 radical (unpaired) electrons. The van der Waals surface area contributed by atoms with E-state index in [0.717, 1.165) is 11.1 Å². The molecule has 2 aromatic heterocycles. The SMILES string of the molecule is COc1ccc(C(CC(=O)OCc2nnc3n(C)c(=O)c4cc(C)ccc4n23)NC(C)=O)cc1. The molecule has 0 fully saturated rings. The Morgan fingerprint density at radius 1 is 1.12 bits per heavy atom. The van der Waals surface area contributed by atoms with E-state index >= 15 is 0 Å². The van der Waals surface area contributed by atoms with Gasteiger partial charge < -0.3 is 14.8 Å². The van der Waals surface area contributed by atoms with E-state index in [-0.39, 0.29) is 24.5 Å². The summed E-state index contributed by atoms with van der Waals surface area (Å²) in [7, 11) is 3.19. The Bertz CT molecular complexity index is 1440. The zero-order valence-corrected chi connectivity index (χ0v) is 19.4. The molecular weight excluding hydrogens is 438 g/mol. The molecule has 0 bridgehead atoms. The third kappa shape index (κ3) is 4.47. The molecule has 0 saturated heterocycles. The first-order chi connectivity index (χ1) is 16.3. The molecule has 2 aromatic carbocycles. The fourth-order valence-electron chi connectivity index (χ4n) is 3.86. The van der Waals surface area contributed by atoms with Crippen molar-refractivity contribution in [2.45, 2.75) is 32.9 Å². The number of ether oxygens (including phenoxy) is 2. The van der Waals surface area contributed by atoms with Crippen molar-refractivity contribution < 1.29 is 19.1 Å². The summed E-state index contributed by atoms with van der Waals surface area (Å²) in [6.45, 7) is 3.16. The van der Waals surface area contributed by atoms with Crippen LogP contribution >= 0.6 is 0 Å². The topological polar surface area (TPSA) is 117 Å². The molecule has 10 heteroatoms. The van der Waals surface area contributed by atoms with Gasteiger partial charge in [-0.05, 0) is 36.8 Å². The Kier molecular flexibility index (Phi) is 6.31. The zero-order chi connectivity index (χ0) is 24.4. The Hall–Kier alpha value is -4.21. The van der Waals surface area contributed by atoms with Crippen LogP contribution in [0.1, 0.15) is 36.3 Å². The number of esters is 1. The summed E-state index contributed by atoms with van der Waals surface area (Å²) in [5.74, 6) is 0.620. The van der Waals surface area contributed by atoms with Crippen molar-refractivity contribution in [1.29, 1.82) is 0 Å². The number of nitrogens with zero attached hydrogens (tertiary/aromatic N) is 4. The van der Waals surface area contributed by atoms with Crippen LogP contribution in [0, 0.1) is 6.92 Å². The molecular formula is C24H25N5O5. The van der Waals surface area contributed by atoms with Crippen LogP contribution in [-0.2, 0) is 28.0 Å². The standard InChI is InChI=1S/C24H25N5O5/c1-14-5-10-20-18(11-14)23(32)28(3)24-27-26-21(29(20)24)13-34-22(31)12-19(25-15(2)30)16-6-8-17(33-4)9-7-16/h5-11,19H,12-13H2,1-4H3,(H,25,30). The minimum atomic E-state index is -0.560. The van der Waals surface area contributed by atoms with Gasteiger partial charge in [-0.1, -0.05) is 23.8 Å². The summed E-state index contributed by atoms with van der Waals surface area (Å²) in [6.07, 6.45) is -0.0684. The molecule has 1 N–H and O–H groups in total. The van der Waals surface area contributed by atoms with E-state index in [1.807, 2.05) is 19.1 Å². The van der Waals surface area contributed by atoms with E-state index in [1.54, 1.807) is 48.9 Å². The van der Waals surface area contributed by atoms with Gasteiger partial charge in [0.25, 0.3) is 5.56 Å². The first-order valence-corrected chi connectivity index (χ1v) is 10.7. The van der Waals surface area contributed by atoms with E-state index in [4.69, 9.17) is 9.47 Å². The van der Waals surface area contributed by atoms with Crippen molar-refractivity contribution in [1.82, 2.24) is 24.5 Å². The van der Waals surface area contributed by atoms with E-state index < -0.39 is 12.0 Å². The summed E-state index contributed by atoms with van der Waals surface area (Å²) in [4.78, 5) is 37.1. The van der Waals surface area contributed by atoms with Crippen LogP contribution in [0.15, 0.2) is 47.3 Å². The zero-order valence-electron chi connectivity index (χ0n) is 19.4. The molecule has 0 aliphatic carbocycles. The van der Waals surface area contributed by atoms with E-state index in [2.05, 4.69) is 15.5 Å². The van der Waals surface area contributed by atoms with Crippen LogP contribution in [0.25, 0.3) is 16.7 Å². The molecule has 4 rings (SSSR count). The van der Waals surface area contributed by atoms with Crippen molar-refractivity contribution in [3.05, 3.63) is 69.8 Å². The molecule has 34 heavy (non-hydrogen) atoms. The number of nitrogens with one attached hydrogen (secondary N) is 1. The van der Waals surface area contributed by atoms with Gasteiger partial charge in [0, 0.05) is 14.0 Å². The van der Waals surface area contributed by atoms with Crippen molar-refractivity contribution >= 4 is 28.6 Å². The third-order valence-corrected chi connectivity index (χ3v) is 5.57. The second-order valence-corrected chi connectivity index (χ2v) is 8.03. The molecule has 176 valence electrons. The minimum absolute atomic E-state index is 0.0684. The maximum absolute atomic E-state index is 12.7. The lowest BCUT2D eigenvalue weighted by Gasteiger charge is -2.18. The van der Waals surface area contributed by atoms with Crippen LogP contribution in [0.5, 0.6) is 5.75 Å². The van der Waals surface area contributed by atoms with Gasteiger partial charge in [-0.15, -0.1) is 10.2 Å². The Labute approximate surface area is 195 Å². The van der Waals surface area contributed by atoms with Crippen LogP contribution in [-0.4, -0.2) is 38.2 Å². The first-order valence-electron chi connectivity index (χ1n) is 10.7. The number of hydrogen-bond acceptors (Lipinski definition) is 7. The van der Waals surface area contributed by atoms with E-state index in [1.165, 1.54) is 11.5 Å². The predicted octanol–water partition coefficient (Wildman–Crippen LogP) is 2.21. The van der Waals surface area contributed by atoms with E-state index in [9.17, 15) is 14.4 Å². The van der Waals surface area contributed by atoms with Gasteiger partial charge in [-0.3, -0.25) is 23.4 Å². The highest BCUT2D eigenvalue weighted by molar-refractivity contribution is 5.81. The maximum Gasteiger partial charge on any atom is 0.308 e. The van der Waals surface area contributed by atoms with Crippen molar-refractivity contribution in [2.75, 3.05) is 7.11 Å². The number of benzene rings is 2. The number of fused-ring (bicyclic) bond motifs is 3. The lowest BCUT2D eigenvalue weighted by Crippen LogP contribution is -2.28. The molecule has 0 aliphatic heterocycles. The van der Waals surface area contributed by atoms with Crippen LogP contribution in [0.4, 0.5) is 0 Å². The van der Waals surface area contributed by atoms with Crippen molar-refractivity contribution in [3.8, 4) is 5.75 Å². The third-order valence-electron chi connectivity index (χ3n) is 5.57. The molecule has 2 heterocycles. The molecule has 4 aromatic rings. The predicted molar refractivity (Wildman–Crippen MR) is 124 cm³/mol. The Morgan fingerprint density at radius 3 is 2.53 bits per heavy atom. The monoisotopic (exact) mass is 463 g/mol. The van der Waals surface area contributed by atoms with Crippen LogP contribution < -0.4 is 15.6 Å². The van der Waals surface area contributed by atoms with Gasteiger partial charge in [0.15, 0.2) is 12.4 Å². The van der Waals surface area contributed by atoms with Gasteiger partial charge in [-0.25, -0.2) is 0 Å².